The lowest BCUT2D eigenvalue weighted by atomic mass is 10.2. The van der Waals surface area contributed by atoms with Gasteiger partial charge in [0.2, 0.25) is 15.9 Å². The number of hydrogen-bond donors (Lipinski definition) is 1. The van der Waals surface area contributed by atoms with Gasteiger partial charge in [0.05, 0.1) is 6.26 Å². The van der Waals surface area contributed by atoms with Gasteiger partial charge < -0.3 is 10.2 Å². The third-order valence-corrected chi connectivity index (χ3v) is 5.62. The van der Waals surface area contributed by atoms with Gasteiger partial charge >= 0.3 is 0 Å². The molecule has 0 unspecified atom stereocenters. The molecule has 1 aliphatic heterocycles. The molecule has 128 valence electrons. The number of anilines is 1. The molecular weight excluding hydrogens is 314 g/mol. The van der Waals surface area contributed by atoms with Gasteiger partial charge in [0.25, 0.3) is 0 Å². The molecule has 1 amide bonds. The lowest BCUT2D eigenvalue weighted by molar-refractivity contribution is -0.124. The Morgan fingerprint density at radius 2 is 2.04 bits per heavy atom. The number of carbonyl (C=O) groups excluding carboxylic acids is 1. The van der Waals surface area contributed by atoms with Crippen LogP contribution < -0.4 is 10.2 Å². The van der Waals surface area contributed by atoms with Gasteiger partial charge in [-0.25, -0.2) is 8.42 Å². The summed E-state index contributed by atoms with van der Waals surface area (Å²) in [5.41, 5.74) is 1.08. The molecule has 0 bridgehead atoms. The molecule has 23 heavy (non-hydrogen) atoms. The average Bonchev–Trinajstić information content (AvgIpc) is 3.02. The van der Waals surface area contributed by atoms with Crippen molar-refractivity contribution >= 4 is 21.6 Å². The normalized spacial score (nSPS) is 20.2. The molecule has 0 spiro atoms. The van der Waals surface area contributed by atoms with Crippen molar-refractivity contribution in [2.45, 2.75) is 31.8 Å². The predicted octanol–water partition coefficient (Wildman–Crippen LogP) is 1.05. The summed E-state index contributed by atoms with van der Waals surface area (Å²) in [5, 5.41) is 2.89. The smallest absolute Gasteiger partial charge is 0.238 e. The molecular formula is C16H25N3O3S. The molecule has 1 N–H and O–H groups in total. The van der Waals surface area contributed by atoms with Crippen molar-refractivity contribution in [3.63, 3.8) is 0 Å². The van der Waals surface area contributed by atoms with Gasteiger partial charge in [-0.05, 0) is 31.9 Å². The second-order valence-electron chi connectivity index (χ2n) is 6.07. The highest BCUT2D eigenvalue weighted by molar-refractivity contribution is 7.88. The molecule has 1 heterocycles. The molecule has 0 radical (unpaired) electrons. The fraction of sp³-hybridized carbons (Fsp3) is 0.562. The first-order chi connectivity index (χ1) is 10.8. The minimum Gasteiger partial charge on any atom is -0.370 e. The van der Waals surface area contributed by atoms with E-state index < -0.39 is 16.1 Å². The first-order valence-corrected chi connectivity index (χ1v) is 9.68. The lowest BCUT2D eigenvalue weighted by Crippen LogP contribution is -2.48. The molecule has 2 atom stereocenters. The molecule has 6 nitrogen and oxygen atoms in total. The van der Waals surface area contributed by atoms with E-state index in [1.165, 1.54) is 4.31 Å². The average molecular weight is 339 g/mol. The third-order valence-electron chi connectivity index (χ3n) is 4.33. The Kier molecular flexibility index (Phi) is 5.64. The van der Waals surface area contributed by atoms with Gasteiger partial charge in [-0.2, -0.15) is 4.31 Å². The summed E-state index contributed by atoms with van der Waals surface area (Å²) in [7, 11) is -1.36. The number of hydrogen-bond acceptors (Lipinski definition) is 4. The Bertz CT molecular complexity index is 633. The van der Waals surface area contributed by atoms with E-state index in [9.17, 15) is 13.2 Å². The summed E-state index contributed by atoms with van der Waals surface area (Å²) in [6.45, 7) is 2.92. The van der Waals surface area contributed by atoms with Crippen molar-refractivity contribution in [1.82, 2.24) is 9.62 Å². The molecule has 1 aliphatic rings. The van der Waals surface area contributed by atoms with Crippen LogP contribution in [0.1, 0.15) is 19.8 Å². The number of nitrogens with one attached hydrogen (secondary N) is 1. The van der Waals surface area contributed by atoms with Crippen LogP contribution in [0.15, 0.2) is 30.3 Å². The molecule has 7 heteroatoms. The molecule has 1 saturated heterocycles. The van der Waals surface area contributed by atoms with E-state index >= 15 is 0 Å². The van der Waals surface area contributed by atoms with E-state index in [-0.39, 0.29) is 11.9 Å². The summed E-state index contributed by atoms with van der Waals surface area (Å²) in [6, 6.07) is 9.47. The van der Waals surface area contributed by atoms with Gasteiger partial charge in [-0.15, -0.1) is 0 Å². The SMILES string of the molecule is C[C@H](CNC(=O)[C@H]1CCCN1S(C)(=O)=O)N(C)c1ccccc1. The van der Waals surface area contributed by atoms with E-state index in [0.29, 0.717) is 19.5 Å². The topological polar surface area (TPSA) is 69.7 Å². The Morgan fingerprint density at radius 1 is 1.39 bits per heavy atom. The number of nitrogens with zero attached hydrogens (tertiary/aromatic N) is 2. The fourth-order valence-corrected chi connectivity index (χ4v) is 3.94. The number of likely N-dealkylation sites (N-methyl/N-ethyl adjacent to an activating group) is 1. The zero-order valence-electron chi connectivity index (χ0n) is 13.9. The highest BCUT2D eigenvalue weighted by Gasteiger charge is 2.36. The van der Waals surface area contributed by atoms with Gasteiger partial charge in [0, 0.05) is 31.9 Å². The summed E-state index contributed by atoms with van der Waals surface area (Å²) in [5.74, 6) is -0.207. The fourth-order valence-electron chi connectivity index (χ4n) is 2.82. The molecule has 0 saturated carbocycles. The molecule has 2 rings (SSSR count). The minimum atomic E-state index is -3.33. The van der Waals surface area contributed by atoms with Crippen LogP contribution in [0.3, 0.4) is 0 Å². The Morgan fingerprint density at radius 3 is 2.65 bits per heavy atom. The minimum absolute atomic E-state index is 0.106. The van der Waals surface area contributed by atoms with Crippen molar-refractivity contribution in [2.24, 2.45) is 0 Å². The molecule has 0 aliphatic carbocycles. The van der Waals surface area contributed by atoms with Crippen LogP contribution >= 0.6 is 0 Å². The van der Waals surface area contributed by atoms with Gasteiger partial charge in [0.1, 0.15) is 6.04 Å². The Hall–Kier alpha value is -1.60. The summed E-state index contributed by atoms with van der Waals surface area (Å²) >= 11 is 0. The first kappa shape index (κ1) is 17.7. The Balaban J connectivity index is 1.91. The summed E-state index contributed by atoms with van der Waals surface area (Å²) in [4.78, 5) is 14.4. The van der Waals surface area contributed by atoms with E-state index in [4.69, 9.17) is 0 Å². The maximum absolute atomic E-state index is 12.3. The van der Waals surface area contributed by atoms with Crippen LogP contribution in [0.25, 0.3) is 0 Å². The highest BCUT2D eigenvalue weighted by Crippen LogP contribution is 2.20. The number of rotatable bonds is 6. The van der Waals surface area contributed by atoms with Crippen molar-refractivity contribution in [3.8, 4) is 0 Å². The number of carbonyl (C=O) groups is 1. The summed E-state index contributed by atoms with van der Waals surface area (Å²) < 4.78 is 24.7. The van der Waals surface area contributed by atoms with Crippen LogP contribution in [0.5, 0.6) is 0 Å². The van der Waals surface area contributed by atoms with Crippen molar-refractivity contribution in [1.29, 1.82) is 0 Å². The van der Waals surface area contributed by atoms with Crippen molar-refractivity contribution in [2.75, 3.05) is 31.3 Å². The van der Waals surface area contributed by atoms with Crippen LogP contribution in [0, 0.1) is 0 Å². The zero-order valence-corrected chi connectivity index (χ0v) is 14.7. The van der Waals surface area contributed by atoms with E-state index in [2.05, 4.69) is 10.2 Å². The zero-order chi connectivity index (χ0) is 17.0. The van der Waals surface area contributed by atoms with Crippen LogP contribution in [-0.4, -0.2) is 57.1 Å². The second-order valence-corrected chi connectivity index (χ2v) is 8.01. The van der Waals surface area contributed by atoms with Crippen LogP contribution in [0.4, 0.5) is 5.69 Å². The highest BCUT2D eigenvalue weighted by atomic mass is 32.2. The monoisotopic (exact) mass is 339 g/mol. The summed E-state index contributed by atoms with van der Waals surface area (Å²) in [6.07, 6.45) is 2.47. The number of benzene rings is 1. The van der Waals surface area contributed by atoms with E-state index in [1.54, 1.807) is 0 Å². The maximum Gasteiger partial charge on any atom is 0.238 e. The van der Waals surface area contributed by atoms with Crippen molar-refractivity contribution < 1.29 is 13.2 Å². The molecule has 1 fully saturated rings. The van der Waals surface area contributed by atoms with Gasteiger partial charge in [-0.3, -0.25) is 4.79 Å². The van der Waals surface area contributed by atoms with Crippen molar-refractivity contribution in [3.05, 3.63) is 30.3 Å². The predicted molar refractivity (Wildman–Crippen MR) is 91.9 cm³/mol. The standard InChI is InChI=1S/C16H25N3O3S/c1-13(18(2)14-8-5-4-6-9-14)12-17-16(20)15-10-7-11-19(15)23(3,21)22/h4-6,8-9,13,15H,7,10-12H2,1-3H3,(H,17,20)/t13-,15-/m1/s1. The largest absolute Gasteiger partial charge is 0.370 e. The quantitative estimate of drug-likeness (QED) is 0.841. The van der Waals surface area contributed by atoms with E-state index in [1.807, 2.05) is 44.3 Å². The van der Waals surface area contributed by atoms with Crippen LogP contribution in [-0.2, 0) is 14.8 Å². The lowest BCUT2D eigenvalue weighted by Gasteiger charge is -2.28. The molecule has 0 aromatic heterocycles. The maximum atomic E-state index is 12.3. The number of para-hydroxylation sites is 1. The van der Waals surface area contributed by atoms with E-state index in [0.717, 1.165) is 18.4 Å². The Labute approximate surface area is 138 Å². The van der Waals surface area contributed by atoms with Crippen LogP contribution in [0.2, 0.25) is 0 Å². The second kappa shape index (κ2) is 7.31. The number of sulfonamides is 1. The number of amides is 1. The molecule has 1 aromatic carbocycles. The molecule has 1 aromatic rings. The third kappa shape index (κ3) is 4.45. The van der Waals surface area contributed by atoms with Gasteiger partial charge in [-0.1, -0.05) is 18.2 Å². The van der Waals surface area contributed by atoms with Gasteiger partial charge in [0.15, 0.2) is 0 Å². The first-order valence-electron chi connectivity index (χ1n) is 7.83.